The Morgan fingerprint density at radius 1 is 0.680 bits per heavy atom. The smallest absolute Gasteiger partial charge is 0.417 e. The van der Waals surface area contributed by atoms with E-state index in [4.69, 9.17) is 39.2 Å². The maximum Gasteiger partial charge on any atom is 0.417 e. The van der Waals surface area contributed by atoms with E-state index in [1.807, 2.05) is 24.3 Å². The van der Waals surface area contributed by atoms with Crippen molar-refractivity contribution in [2.24, 2.45) is 11.5 Å². The predicted molar refractivity (Wildman–Crippen MR) is 190 cm³/mol. The summed E-state index contributed by atoms with van der Waals surface area (Å²) in [6, 6.07) is 7.38. The van der Waals surface area contributed by atoms with Crippen LogP contribution in [0.3, 0.4) is 0 Å². The van der Waals surface area contributed by atoms with Gasteiger partial charge in [0.25, 0.3) is 0 Å². The number of carbonyl (C=O) groups excluding carboxylic acids is 2. The Hall–Kier alpha value is -3.54. The van der Waals surface area contributed by atoms with Crippen LogP contribution in [0.5, 0.6) is 0 Å². The van der Waals surface area contributed by atoms with Gasteiger partial charge in [-0.3, -0.25) is 0 Å². The summed E-state index contributed by atoms with van der Waals surface area (Å²) in [6.45, 7) is 4.44. The zero-order valence-electron chi connectivity index (χ0n) is 30.0. The molecule has 10 nitrogen and oxygen atoms in total. The van der Waals surface area contributed by atoms with Crippen LogP contribution < -0.4 is 11.5 Å². The molecule has 2 atom stereocenters. The Labute approximate surface area is 297 Å². The highest BCUT2D eigenvalue weighted by Gasteiger charge is 2.28. The summed E-state index contributed by atoms with van der Waals surface area (Å²) < 4.78 is 33.8. The number of aryl methyl sites for hydroxylation is 2. The summed E-state index contributed by atoms with van der Waals surface area (Å²) in [4.78, 5) is 24.7. The Morgan fingerprint density at radius 3 is 1.48 bits per heavy atom. The molecule has 10 heteroatoms. The van der Waals surface area contributed by atoms with Gasteiger partial charge >= 0.3 is 11.9 Å². The molecule has 50 heavy (non-hydrogen) atoms. The van der Waals surface area contributed by atoms with Crippen molar-refractivity contribution in [3.05, 3.63) is 47.3 Å². The zero-order chi connectivity index (χ0) is 35.7. The summed E-state index contributed by atoms with van der Waals surface area (Å²) in [5.41, 5.74) is 10.9. The zero-order valence-corrected chi connectivity index (χ0v) is 30.0. The quantitative estimate of drug-likeness (QED) is 0.0909. The molecule has 2 fully saturated rings. The minimum atomic E-state index is -1.11. The predicted octanol–water partition coefficient (Wildman–Crippen LogP) is 6.14. The minimum Gasteiger partial charge on any atom is -0.455 e. The largest absolute Gasteiger partial charge is 0.455 e. The van der Waals surface area contributed by atoms with E-state index in [0.717, 1.165) is 37.2 Å². The van der Waals surface area contributed by atoms with Gasteiger partial charge in [0.05, 0.1) is 25.4 Å². The molecule has 2 aromatic rings. The number of hydrogen-bond donors (Lipinski definition) is 2. The first-order valence-corrected chi connectivity index (χ1v) is 18.4. The average molecular weight is 693 g/mol. The molecule has 4 rings (SSSR count). The van der Waals surface area contributed by atoms with Crippen molar-refractivity contribution >= 4 is 11.9 Å². The molecular formula is C40H56N2O8. The molecule has 2 heterocycles. The van der Waals surface area contributed by atoms with Crippen LogP contribution in [-0.2, 0) is 41.4 Å². The van der Waals surface area contributed by atoms with E-state index in [1.165, 1.54) is 38.5 Å². The molecular weight excluding hydrogens is 636 g/mol. The number of nitrogens with two attached hydrogens (primary N) is 2. The number of hydrogen-bond acceptors (Lipinski definition) is 10. The minimum absolute atomic E-state index is 0.160. The van der Waals surface area contributed by atoms with Gasteiger partial charge in [0.2, 0.25) is 0 Å². The van der Waals surface area contributed by atoms with Gasteiger partial charge in [0, 0.05) is 36.8 Å². The lowest BCUT2D eigenvalue weighted by Gasteiger charge is -2.25. The van der Waals surface area contributed by atoms with Crippen LogP contribution in [0.4, 0.5) is 0 Å². The molecule has 2 aliphatic carbocycles. The lowest BCUT2D eigenvalue weighted by molar-refractivity contribution is -0.169. The molecule has 0 spiro atoms. The summed E-state index contributed by atoms with van der Waals surface area (Å²) in [6.07, 6.45) is 16.2. The number of carbonyl (C=O) groups is 2. The summed E-state index contributed by atoms with van der Waals surface area (Å²) in [5.74, 6) is 12.7. The average Bonchev–Trinajstić information content (AvgIpc) is 3.78. The second-order valence-corrected chi connectivity index (χ2v) is 14.4. The Balaban J connectivity index is 1.07. The first kappa shape index (κ1) is 39.2. The van der Waals surface area contributed by atoms with Gasteiger partial charge in [-0.1, -0.05) is 50.4 Å². The Bertz CT molecular complexity index is 1340. The monoisotopic (exact) mass is 692 g/mol. The maximum atomic E-state index is 12.3. The van der Waals surface area contributed by atoms with Gasteiger partial charge in [0.15, 0.2) is 11.5 Å². The lowest BCUT2D eigenvalue weighted by Crippen LogP contribution is -2.45. The molecule has 0 bridgehead atoms. The van der Waals surface area contributed by atoms with Gasteiger partial charge < -0.3 is 39.2 Å². The molecule has 0 aromatic carbocycles. The molecule has 0 aliphatic heterocycles. The summed E-state index contributed by atoms with van der Waals surface area (Å²) >= 11 is 0. The van der Waals surface area contributed by atoms with Crippen molar-refractivity contribution in [2.45, 2.75) is 140 Å². The van der Waals surface area contributed by atoms with Gasteiger partial charge in [-0.05, 0) is 88.5 Å². The highest BCUT2D eigenvalue weighted by Crippen LogP contribution is 2.22. The van der Waals surface area contributed by atoms with Crippen LogP contribution in [-0.4, -0.2) is 61.7 Å². The molecule has 0 amide bonds. The standard InChI is InChI=1S/C40H56N2O8/c1-39(41,25-23-35-21-19-33(49-35)17-9-11-27-45-31-13-5-3-6-14-31)29-47-37(43)38(44)48-30-40(2,42)26-24-36-22-20-34(50-36)18-10-12-28-46-32-15-7-4-8-16-32/h19-22,31-32H,3-8,11-16,23-30,41-42H2,1-2H3/t39-,40-/m1/s1. The molecule has 2 saturated carbocycles. The van der Waals surface area contributed by atoms with Gasteiger partial charge in [-0.15, -0.1) is 0 Å². The fraction of sp³-hybridized carbons (Fsp3) is 0.650. The fourth-order valence-electron chi connectivity index (χ4n) is 6.02. The SMILES string of the molecule is C[C@@](N)(CCc1ccc(C#CCCOC2CCCCC2)o1)COC(=O)C(=O)OC[C@](C)(N)CCc1ccc(C#CCCOC2CCCCC2)o1. The number of ether oxygens (including phenoxy) is 4. The van der Waals surface area contributed by atoms with Crippen LogP contribution in [0.2, 0.25) is 0 Å². The van der Waals surface area contributed by atoms with Crippen molar-refractivity contribution in [1.29, 1.82) is 0 Å². The van der Waals surface area contributed by atoms with Crippen molar-refractivity contribution in [3.63, 3.8) is 0 Å². The fourth-order valence-corrected chi connectivity index (χ4v) is 6.02. The molecule has 0 unspecified atom stereocenters. The summed E-state index contributed by atoms with van der Waals surface area (Å²) in [7, 11) is 0. The van der Waals surface area contributed by atoms with Gasteiger partial charge in [-0.2, -0.15) is 0 Å². The second-order valence-electron chi connectivity index (χ2n) is 14.4. The highest BCUT2D eigenvalue weighted by atomic mass is 16.6. The number of furan rings is 2. The molecule has 274 valence electrons. The maximum absolute atomic E-state index is 12.3. The van der Waals surface area contributed by atoms with Gasteiger partial charge in [-0.25, -0.2) is 9.59 Å². The lowest BCUT2D eigenvalue weighted by atomic mass is 9.97. The Morgan fingerprint density at radius 2 is 1.08 bits per heavy atom. The highest BCUT2D eigenvalue weighted by molar-refractivity contribution is 6.29. The molecule has 0 radical (unpaired) electrons. The van der Waals surface area contributed by atoms with Crippen LogP contribution in [0.1, 0.15) is 127 Å². The normalized spacial score (nSPS) is 17.8. The number of esters is 2. The third-order valence-corrected chi connectivity index (χ3v) is 9.13. The van der Waals surface area contributed by atoms with E-state index in [9.17, 15) is 9.59 Å². The van der Waals surface area contributed by atoms with E-state index in [1.54, 1.807) is 13.8 Å². The van der Waals surface area contributed by atoms with Crippen molar-refractivity contribution < 1.29 is 37.4 Å². The van der Waals surface area contributed by atoms with E-state index in [0.29, 0.717) is 75.5 Å². The summed E-state index contributed by atoms with van der Waals surface area (Å²) in [5, 5.41) is 0. The van der Waals surface area contributed by atoms with E-state index >= 15 is 0 Å². The van der Waals surface area contributed by atoms with Crippen LogP contribution in [0.25, 0.3) is 0 Å². The van der Waals surface area contributed by atoms with Crippen molar-refractivity contribution in [1.82, 2.24) is 0 Å². The third-order valence-electron chi connectivity index (χ3n) is 9.13. The number of rotatable bonds is 16. The van der Waals surface area contributed by atoms with Crippen molar-refractivity contribution in [3.8, 4) is 23.7 Å². The molecule has 2 aromatic heterocycles. The molecule has 0 saturated heterocycles. The molecule has 2 aliphatic rings. The topological polar surface area (TPSA) is 149 Å². The first-order chi connectivity index (χ1) is 24.1. The second kappa shape index (κ2) is 20.3. The first-order valence-electron chi connectivity index (χ1n) is 18.4. The van der Waals surface area contributed by atoms with Crippen LogP contribution in [0.15, 0.2) is 33.1 Å². The molecule has 4 N–H and O–H groups in total. The van der Waals surface area contributed by atoms with Crippen LogP contribution in [0, 0.1) is 23.7 Å². The third kappa shape index (κ3) is 15.1. The van der Waals surface area contributed by atoms with Crippen molar-refractivity contribution in [2.75, 3.05) is 26.4 Å². The van der Waals surface area contributed by atoms with E-state index < -0.39 is 23.0 Å². The van der Waals surface area contributed by atoms with E-state index in [2.05, 4.69) is 23.7 Å². The van der Waals surface area contributed by atoms with Gasteiger partial charge in [0.1, 0.15) is 24.7 Å². The van der Waals surface area contributed by atoms with Crippen LogP contribution >= 0.6 is 0 Å². The Kier molecular flexibility index (Phi) is 16.0. The van der Waals surface area contributed by atoms with E-state index in [-0.39, 0.29) is 13.2 Å².